The molecule has 1 atom stereocenters. The highest BCUT2D eigenvalue weighted by molar-refractivity contribution is 9.10. The molecule has 122 valence electrons. The van der Waals surface area contributed by atoms with E-state index in [0.29, 0.717) is 6.04 Å². The Hall–Kier alpha value is 0.130. The summed E-state index contributed by atoms with van der Waals surface area (Å²) in [4.78, 5) is 6.99. The Labute approximate surface area is 149 Å². The molecule has 3 nitrogen and oxygen atoms in total. The lowest BCUT2D eigenvalue weighted by molar-refractivity contribution is 0.159. The summed E-state index contributed by atoms with van der Waals surface area (Å²) in [6, 6.07) is 4.75. The molecule has 0 aliphatic carbocycles. The molecular weight excluding hydrogens is 373 g/mol. The van der Waals surface area contributed by atoms with Crippen molar-refractivity contribution in [2.24, 2.45) is 5.92 Å². The van der Waals surface area contributed by atoms with Crippen molar-refractivity contribution < 1.29 is 0 Å². The van der Waals surface area contributed by atoms with Crippen LogP contribution in [0.4, 0.5) is 0 Å². The molecule has 2 rings (SSSR count). The maximum atomic E-state index is 4.40. The van der Waals surface area contributed by atoms with Gasteiger partial charge in [-0.15, -0.1) is 24.8 Å². The van der Waals surface area contributed by atoms with E-state index in [2.05, 4.69) is 51.0 Å². The second kappa shape index (κ2) is 10.8. The summed E-state index contributed by atoms with van der Waals surface area (Å²) in [5, 5.41) is 3.43. The third-order valence-corrected chi connectivity index (χ3v) is 4.42. The van der Waals surface area contributed by atoms with E-state index in [1.807, 2.05) is 12.3 Å². The number of aromatic nitrogens is 1. The van der Waals surface area contributed by atoms with Crippen LogP contribution in [0.2, 0.25) is 0 Å². The van der Waals surface area contributed by atoms with Gasteiger partial charge in [0.05, 0.1) is 0 Å². The minimum Gasteiger partial charge on any atom is -0.314 e. The Kier molecular flexibility index (Phi) is 10.9. The van der Waals surface area contributed by atoms with E-state index in [1.54, 1.807) is 0 Å². The number of rotatable bonds is 5. The quantitative estimate of drug-likeness (QED) is 0.757. The van der Waals surface area contributed by atoms with Gasteiger partial charge < -0.3 is 5.32 Å². The molecule has 6 heteroatoms. The molecule has 0 saturated carbocycles. The fraction of sp³-hybridized carbons (Fsp3) is 0.667. The molecule has 0 spiro atoms. The van der Waals surface area contributed by atoms with Gasteiger partial charge in [-0.3, -0.25) is 4.90 Å². The molecule has 0 amide bonds. The molecule has 1 N–H and O–H groups in total. The second-order valence-corrected chi connectivity index (χ2v) is 6.41. The summed E-state index contributed by atoms with van der Waals surface area (Å²) in [7, 11) is 0. The first kappa shape index (κ1) is 21.1. The van der Waals surface area contributed by atoms with E-state index in [1.165, 1.54) is 18.4 Å². The lowest BCUT2D eigenvalue weighted by Crippen LogP contribution is -2.45. The number of halogens is 3. The molecule has 1 fully saturated rings. The largest absolute Gasteiger partial charge is 0.314 e. The van der Waals surface area contributed by atoms with Crippen LogP contribution < -0.4 is 5.32 Å². The summed E-state index contributed by atoms with van der Waals surface area (Å²) in [6.07, 6.45) is 4.32. The second-order valence-electron chi connectivity index (χ2n) is 5.66. The maximum Gasteiger partial charge on any atom is 0.110 e. The van der Waals surface area contributed by atoms with Crippen molar-refractivity contribution in [3.63, 3.8) is 0 Å². The first-order chi connectivity index (χ1) is 9.18. The Bertz CT molecular complexity index is 398. The number of nitrogens with zero attached hydrogens (tertiary/aromatic N) is 2. The number of nitrogens with one attached hydrogen (secondary N) is 1. The number of hydrogen-bond acceptors (Lipinski definition) is 3. The van der Waals surface area contributed by atoms with Gasteiger partial charge in [0, 0.05) is 44.0 Å². The lowest BCUT2D eigenvalue weighted by Gasteiger charge is -2.35. The van der Waals surface area contributed by atoms with Crippen molar-refractivity contribution in [1.82, 2.24) is 15.2 Å². The highest BCUT2D eigenvalue weighted by Gasteiger charge is 2.24. The Morgan fingerprint density at radius 1 is 1.24 bits per heavy atom. The normalized spacial score (nSPS) is 17.0. The predicted molar refractivity (Wildman–Crippen MR) is 97.7 cm³/mol. The summed E-state index contributed by atoms with van der Waals surface area (Å²) < 4.78 is 1.00. The van der Waals surface area contributed by atoms with Crippen molar-refractivity contribution in [2.45, 2.75) is 32.7 Å². The predicted octanol–water partition coefficient (Wildman–Crippen LogP) is 4.07. The standard InChI is InChI=1S/C15H24BrN3.2ClH/c1-12(2)5-6-14(19-10-8-17-9-11-19)13-4-3-7-18-15(13)16;;/h3-4,7,12,14,17H,5-6,8-11H2,1-2H3;2*1H/t14-;;/m0../s1. The van der Waals surface area contributed by atoms with Crippen LogP contribution in [0.3, 0.4) is 0 Å². The summed E-state index contributed by atoms with van der Waals surface area (Å²) in [6.45, 7) is 9.04. The van der Waals surface area contributed by atoms with Gasteiger partial charge in [0.1, 0.15) is 4.60 Å². The summed E-state index contributed by atoms with van der Waals surface area (Å²) >= 11 is 3.62. The Balaban J connectivity index is 0.00000200. The summed E-state index contributed by atoms with van der Waals surface area (Å²) in [5.74, 6) is 0.751. The van der Waals surface area contributed by atoms with Crippen LogP contribution in [0.15, 0.2) is 22.9 Å². The van der Waals surface area contributed by atoms with Gasteiger partial charge in [-0.1, -0.05) is 19.9 Å². The van der Waals surface area contributed by atoms with Gasteiger partial charge in [-0.25, -0.2) is 4.98 Å². The minimum atomic E-state index is 0. The van der Waals surface area contributed by atoms with E-state index in [0.717, 1.165) is 36.7 Å². The Morgan fingerprint density at radius 2 is 1.90 bits per heavy atom. The Morgan fingerprint density at radius 3 is 2.48 bits per heavy atom. The summed E-state index contributed by atoms with van der Waals surface area (Å²) in [5.41, 5.74) is 1.34. The number of pyridine rings is 1. The van der Waals surface area contributed by atoms with Crippen LogP contribution in [0, 0.1) is 5.92 Å². The van der Waals surface area contributed by atoms with Crippen LogP contribution in [-0.2, 0) is 0 Å². The zero-order chi connectivity index (χ0) is 13.7. The molecule has 0 bridgehead atoms. The van der Waals surface area contributed by atoms with Crippen LogP contribution in [0.25, 0.3) is 0 Å². The zero-order valence-electron chi connectivity index (χ0n) is 12.7. The van der Waals surface area contributed by atoms with E-state index in [-0.39, 0.29) is 24.8 Å². The van der Waals surface area contributed by atoms with Gasteiger partial charge in [0.25, 0.3) is 0 Å². The highest BCUT2D eigenvalue weighted by atomic mass is 79.9. The van der Waals surface area contributed by atoms with Crippen LogP contribution in [0.5, 0.6) is 0 Å². The average molecular weight is 399 g/mol. The first-order valence-corrected chi connectivity index (χ1v) is 8.03. The van der Waals surface area contributed by atoms with E-state index in [9.17, 15) is 0 Å². The van der Waals surface area contributed by atoms with E-state index in [4.69, 9.17) is 0 Å². The SMILES string of the molecule is CC(C)CC[C@@H](c1cccnc1Br)N1CCNCC1.Cl.Cl. The monoisotopic (exact) mass is 397 g/mol. The van der Waals surface area contributed by atoms with Gasteiger partial charge in [-0.2, -0.15) is 0 Å². The molecule has 1 aliphatic rings. The molecule has 2 heterocycles. The first-order valence-electron chi connectivity index (χ1n) is 7.23. The molecule has 0 radical (unpaired) electrons. The zero-order valence-corrected chi connectivity index (χ0v) is 15.9. The van der Waals surface area contributed by atoms with Crippen LogP contribution in [0.1, 0.15) is 38.3 Å². The maximum absolute atomic E-state index is 4.40. The number of hydrogen-bond donors (Lipinski definition) is 1. The third-order valence-electron chi connectivity index (χ3n) is 3.76. The molecular formula is C15H26BrCl2N3. The smallest absolute Gasteiger partial charge is 0.110 e. The molecule has 1 aliphatic heterocycles. The molecule has 21 heavy (non-hydrogen) atoms. The lowest BCUT2D eigenvalue weighted by atomic mass is 9.97. The molecule has 0 unspecified atom stereocenters. The molecule has 1 saturated heterocycles. The van der Waals surface area contributed by atoms with E-state index < -0.39 is 0 Å². The van der Waals surface area contributed by atoms with Crippen molar-refractivity contribution in [1.29, 1.82) is 0 Å². The van der Waals surface area contributed by atoms with Gasteiger partial charge in [0.15, 0.2) is 0 Å². The van der Waals surface area contributed by atoms with E-state index >= 15 is 0 Å². The molecule has 1 aromatic rings. The van der Waals surface area contributed by atoms with Crippen molar-refractivity contribution in [3.05, 3.63) is 28.5 Å². The number of piperazine rings is 1. The van der Waals surface area contributed by atoms with Crippen LogP contribution in [-0.4, -0.2) is 36.1 Å². The van der Waals surface area contributed by atoms with Crippen molar-refractivity contribution >= 4 is 40.7 Å². The highest BCUT2D eigenvalue weighted by Crippen LogP contribution is 2.31. The topological polar surface area (TPSA) is 28.2 Å². The van der Waals surface area contributed by atoms with Gasteiger partial charge in [0.2, 0.25) is 0 Å². The fourth-order valence-electron chi connectivity index (χ4n) is 2.67. The molecule has 1 aromatic heterocycles. The van der Waals surface area contributed by atoms with Crippen LogP contribution >= 0.6 is 40.7 Å². The van der Waals surface area contributed by atoms with Gasteiger partial charge in [-0.05, 0) is 40.8 Å². The molecule has 0 aromatic carbocycles. The average Bonchev–Trinajstić information content (AvgIpc) is 2.42. The third kappa shape index (κ3) is 6.41. The van der Waals surface area contributed by atoms with Crippen molar-refractivity contribution in [2.75, 3.05) is 26.2 Å². The fourth-order valence-corrected chi connectivity index (χ4v) is 3.18. The van der Waals surface area contributed by atoms with Crippen molar-refractivity contribution in [3.8, 4) is 0 Å². The van der Waals surface area contributed by atoms with Gasteiger partial charge >= 0.3 is 0 Å². The minimum absolute atomic E-state index is 0.